The predicted molar refractivity (Wildman–Crippen MR) is 161 cm³/mol. The average Bonchev–Trinajstić information content (AvgIpc) is 3.00. The number of carbonyl (C=O) groups is 2. The molecule has 0 saturated carbocycles. The molecule has 8 heteroatoms. The van der Waals surface area contributed by atoms with Gasteiger partial charge in [-0.1, -0.05) is 66.7 Å². The molecule has 8 nitrogen and oxygen atoms in total. The van der Waals surface area contributed by atoms with E-state index in [0.717, 1.165) is 46.5 Å². The van der Waals surface area contributed by atoms with Crippen LogP contribution in [0, 0.1) is 0 Å². The number of nitrogens with zero attached hydrogens (tertiary/aromatic N) is 1. The van der Waals surface area contributed by atoms with Crippen LogP contribution in [0.5, 0.6) is 0 Å². The molecule has 0 spiro atoms. The SMILES string of the molecule is C=CCN(C)C[C@@H]1C[C@H](c2ccc(CO)cc2)O[C@H](c2cccc(-c3cccc(CNC(=O)CCCC(=O)O)c3)c2)O1. The quantitative estimate of drug-likeness (QED) is 0.223. The van der Waals surface area contributed by atoms with Gasteiger partial charge in [-0.3, -0.25) is 9.59 Å². The molecule has 1 saturated heterocycles. The van der Waals surface area contributed by atoms with E-state index in [0.29, 0.717) is 19.4 Å². The first-order chi connectivity index (χ1) is 20.3. The van der Waals surface area contributed by atoms with Crippen LogP contribution in [0.4, 0.5) is 0 Å². The number of carboxylic acids is 1. The molecular formula is C34H40N2O6. The van der Waals surface area contributed by atoms with E-state index in [9.17, 15) is 14.7 Å². The number of hydrogen-bond acceptors (Lipinski definition) is 6. The van der Waals surface area contributed by atoms with Crippen molar-refractivity contribution in [1.82, 2.24) is 10.2 Å². The van der Waals surface area contributed by atoms with E-state index >= 15 is 0 Å². The van der Waals surface area contributed by atoms with Crippen LogP contribution >= 0.6 is 0 Å². The molecule has 4 rings (SSSR count). The maximum Gasteiger partial charge on any atom is 0.303 e. The zero-order valence-corrected chi connectivity index (χ0v) is 24.1. The maximum absolute atomic E-state index is 12.1. The fourth-order valence-electron chi connectivity index (χ4n) is 5.09. The van der Waals surface area contributed by atoms with Crippen LogP contribution in [-0.4, -0.2) is 53.2 Å². The summed E-state index contributed by atoms with van der Waals surface area (Å²) >= 11 is 0. The normalized spacial score (nSPS) is 18.5. The van der Waals surface area contributed by atoms with Gasteiger partial charge in [-0.15, -0.1) is 6.58 Å². The molecule has 0 unspecified atom stereocenters. The Bertz CT molecular complexity index is 1340. The molecule has 3 aromatic carbocycles. The van der Waals surface area contributed by atoms with Gasteiger partial charge in [0.2, 0.25) is 5.91 Å². The average molecular weight is 573 g/mol. The van der Waals surface area contributed by atoms with Crippen LogP contribution < -0.4 is 5.32 Å². The number of aliphatic hydroxyl groups excluding tert-OH is 1. The number of aliphatic hydroxyl groups is 1. The monoisotopic (exact) mass is 572 g/mol. The van der Waals surface area contributed by atoms with Gasteiger partial charge in [-0.2, -0.15) is 0 Å². The molecule has 3 aromatic rings. The van der Waals surface area contributed by atoms with Crippen LogP contribution in [0.25, 0.3) is 11.1 Å². The van der Waals surface area contributed by atoms with Gasteiger partial charge in [0, 0.05) is 44.5 Å². The number of ether oxygens (including phenoxy) is 2. The maximum atomic E-state index is 12.1. The minimum Gasteiger partial charge on any atom is -0.481 e. The summed E-state index contributed by atoms with van der Waals surface area (Å²) in [6, 6.07) is 24.0. The first-order valence-corrected chi connectivity index (χ1v) is 14.3. The predicted octanol–water partition coefficient (Wildman–Crippen LogP) is 5.38. The third-order valence-electron chi connectivity index (χ3n) is 7.27. The van der Waals surface area contributed by atoms with E-state index in [4.69, 9.17) is 14.6 Å². The van der Waals surface area contributed by atoms with Gasteiger partial charge in [-0.05, 0) is 53.4 Å². The lowest BCUT2D eigenvalue weighted by molar-refractivity contribution is -0.252. The van der Waals surface area contributed by atoms with Crippen LogP contribution in [0.1, 0.15) is 60.3 Å². The molecule has 1 aliphatic heterocycles. The van der Waals surface area contributed by atoms with Gasteiger partial charge in [-0.25, -0.2) is 0 Å². The first kappa shape index (κ1) is 31.1. The van der Waals surface area contributed by atoms with Crippen LogP contribution in [-0.2, 0) is 32.2 Å². The van der Waals surface area contributed by atoms with Crippen LogP contribution in [0.2, 0.25) is 0 Å². The number of amides is 1. The van der Waals surface area contributed by atoms with Crippen molar-refractivity contribution in [3.05, 3.63) is 108 Å². The molecule has 1 aliphatic rings. The molecule has 0 bridgehead atoms. The standard InChI is InChI=1S/C34H40N2O6/c1-3-17-36(2)22-30-20-31(26-15-13-24(23-37)14-16-26)42-34(41-30)29-10-5-9-28(19-29)27-8-4-7-25(18-27)21-35-32(38)11-6-12-33(39)40/h3-5,7-10,13-16,18-19,30-31,34,37H,1,6,11-12,17,20-23H2,2H3,(H,35,38)(H,39,40)/t30-,31+,34+/m0/s1. The number of carbonyl (C=O) groups excluding carboxylic acids is 1. The highest BCUT2D eigenvalue weighted by atomic mass is 16.7. The lowest BCUT2D eigenvalue weighted by Gasteiger charge is -2.37. The van der Waals surface area contributed by atoms with Crippen molar-refractivity contribution in [3.63, 3.8) is 0 Å². The Labute approximate surface area is 247 Å². The first-order valence-electron chi connectivity index (χ1n) is 14.3. The molecule has 0 aliphatic carbocycles. The molecule has 0 radical (unpaired) electrons. The second-order valence-electron chi connectivity index (χ2n) is 10.7. The van der Waals surface area contributed by atoms with Gasteiger partial charge in [0.05, 0.1) is 18.8 Å². The van der Waals surface area contributed by atoms with Crippen molar-refractivity contribution >= 4 is 11.9 Å². The third kappa shape index (κ3) is 9.09. The van der Waals surface area contributed by atoms with E-state index in [1.807, 2.05) is 79.9 Å². The van der Waals surface area contributed by atoms with Crippen molar-refractivity contribution in [2.75, 3.05) is 20.1 Å². The fourth-order valence-corrected chi connectivity index (χ4v) is 5.09. The number of hydrogen-bond donors (Lipinski definition) is 3. The Hall–Kier alpha value is -3.82. The summed E-state index contributed by atoms with van der Waals surface area (Å²) in [6.07, 6.45) is 2.30. The molecule has 0 aromatic heterocycles. The second-order valence-corrected chi connectivity index (χ2v) is 10.7. The Morgan fingerprint density at radius 2 is 1.71 bits per heavy atom. The highest BCUT2D eigenvalue weighted by Crippen LogP contribution is 2.39. The van der Waals surface area contributed by atoms with E-state index in [1.54, 1.807) is 0 Å². The lowest BCUT2D eigenvalue weighted by Crippen LogP contribution is -2.37. The number of carboxylic acid groups (broad SMARTS) is 1. The van der Waals surface area contributed by atoms with Crippen molar-refractivity contribution in [3.8, 4) is 11.1 Å². The van der Waals surface area contributed by atoms with Crippen molar-refractivity contribution in [2.24, 2.45) is 0 Å². The Morgan fingerprint density at radius 1 is 0.976 bits per heavy atom. The van der Waals surface area contributed by atoms with Crippen LogP contribution in [0.3, 0.4) is 0 Å². The minimum absolute atomic E-state index is 0.000329. The second kappa shape index (κ2) is 15.4. The Morgan fingerprint density at radius 3 is 2.43 bits per heavy atom. The van der Waals surface area contributed by atoms with E-state index < -0.39 is 12.3 Å². The van der Waals surface area contributed by atoms with E-state index in [-0.39, 0.29) is 37.6 Å². The molecule has 222 valence electrons. The van der Waals surface area contributed by atoms with E-state index in [1.165, 1.54) is 0 Å². The summed E-state index contributed by atoms with van der Waals surface area (Å²) in [5.74, 6) is -1.06. The van der Waals surface area contributed by atoms with Crippen molar-refractivity contribution in [1.29, 1.82) is 0 Å². The van der Waals surface area contributed by atoms with Gasteiger partial charge in [0.1, 0.15) is 0 Å². The fraction of sp³-hybridized carbons (Fsp3) is 0.353. The summed E-state index contributed by atoms with van der Waals surface area (Å²) in [5.41, 5.74) is 5.78. The highest BCUT2D eigenvalue weighted by molar-refractivity contribution is 5.76. The molecule has 42 heavy (non-hydrogen) atoms. The summed E-state index contributed by atoms with van der Waals surface area (Å²) in [7, 11) is 2.05. The smallest absolute Gasteiger partial charge is 0.303 e. The largest absolute Gasteiger partial charge is 0.481 e. The number of rotatable bonds is 14. The van der Waals surface area contributed by atoms with Gasteiger partial charge < -0.3 is 29.9 Å². The molecular weight excluding hydrogens is 532 g/mol. The topological polar surface area (TPSA) is 108 Å². The summed E-state index contributed by atoms with van der Waals surface area (Å²) in [6.45, 7) is 5.71. The Balaban J connectivity index is 1.49. The molecule has 3 N–H and O–H groups in total. The summed E-state index contributed by atoms with van der Waals surface area (Å²) in [4.78, 5) is 25.0. The lowest BCUT2D eigenvalue weighted by atomic mass is 9.98. The number of nitrogens with one attached hydrogen (secondary N) is 1. The highest BCUT2D eigenvalue weighted by Gasteiger charge is 2.32. The van der Waals surface area contributed by atoms with Crippen LogP contribution in [0.15, 0.2) is 85.5 Å². The summed E-state index contributed by atoms with van der Waals surface area (Å²) in [5, 5.41) is 21.1. The Kier molecular flexibility index (Phi) is 11.4. The van der Waals surface area contributed by atoms with Gasteiger partial charge in [0.15, 0.2) is 6.29 Å². The number of benzene rings is 3. The summed E-state index contributed by atoms with van der Waals surface area (Å²) < 4.78 is 13.0. The third-order valence-corrected chi connectivity index (χ3v) is 7.27. The van der Waals surface area contributed by atoms with E-state index in [2.05, 4.69) is 22.9 Å². The zero-order valence-electron chi connectivity index (χ0n) is 24.1. The van der Waals surface area contributed by atoms with Gasteiger partial charge >= 0.3 is 5.97 Å². The molecule has 1 amide bonds. The molecule has 1 fully saturated rings. The minimum atomic E-state index is -0.899. The molecule has 3 atom stereocenters. The zero-order chi connectivity index (χ0) is 29.9. The number of likely N-dealkylation sites (N-methyl/N-ethyl adjacent to an activating group) is 1. The van der Waals surface area contributed by atoms with Crippen molar-refractivity contribution in [2.45, 2.75) is 57.3 Å². The van der Waals surface area contributed by atoms with Gasteiger partial charge in [0.25, 0.3) is 0 Å². The van der Waals surface area contributed by atoms with Crippen molar-refractivity contribution < 1.29 is 29.3 Å². The molecule has 1 heterocycles. The number of aliphatic carboxylic acids is 1.